The van der Waals surface area contributed by atoms with Crippen molar-refractivity contribution in [1.82, 2.24) is 0 Å². The van der Waals surface area contributed by atoms with Crippen molar-refractivity contribution in [2.45, 2.75) is 51.9 Å². The van der Waals surface area contributed by atoms with Crippen molar-refractivity contribution in [3.63, 3.8) is 0 Å². The first kappa shape index (κ1) is 14.4. The molecular formula is C12H21BrOSSi. The van der Waals surface area contributed by atoms with E-state index < -0.39 is 8.32 Å². The Morgan fingerprint density at radius 1 is 1.44 bits per heavy atom. The van der Waals surface area contributed by atoms with E-state index in [1.54, 1.807) is 11.3 Å². The molecule has 0 aromatic carbocycles. The first-order valence-electron chi connectivity index (χ1n) is 5.84. The summed E-state index contributed by atoms with van der Waals surface area (Å²) in [5.74, 6) is 0. The number of halogens is 1. The van der Waals surface area contributed by atoms with Crippen molar-refractivity contribution in [3.8, 4) is 0 Å². The lowest BCUT2D eigenvalue weighted by molar-refractivity contribution is 0.187. The minimum Gasteiger partial charge on any atom is -0.410 e. The van der Waals surface area contributed by atoms with Crippen LogP contribution in [0.2, 0.25) is 19.6 Å². The second-order valence-electron chi connectivity index (χ2n) is 5.03. The molecule has 1 aromatic rings. The Morgan fingerprint density at radius 3 is 2.56 bits per heavy atom. The zero-order chi connectivity index (χ0) is 12.2. The Kier molecular flexibility index (Phi) is 5.71. The predicted octanol–water partition coefficient (Wildman–Crippen LogP) is 5.59. The summed E-state index contributed by atoms with van der Waals surface area (Å²) in [5, 5.41) is 2.14. The molecule has 0 aliphatic heterocycles. The smallest absolute Gasteiger partial charge is 0.184 e. The van der Waals surface area contributed by atoms with Crippen LogP contribution in [0.15, 0.2) is 15.9 Å². The van der Waals surface area contributed by atoms with Crippen LogP contribution in [0.4, 0.5) is 0 Å². The van der Waals surface area contributed by atoms with Gasteiger partial charge in [0.2, 0.25) is 0 Å². The highest BCUT2D eigenvalue weighted by molar-refractivity contribution is 9.10. The fraction of sp³-hybridized carbons (Fsp3) is 0.667. The van der Waals surface area contributed by atoms with E-state index in [0.717, 1.165) is 6.42 Å². The van der Waals surface area contributed by atoms with Crippen LogP contribution in [-0.4, -0.2) is 8.32 Å². The minimum atomic E-state index is -1.45. The summed E-state index contributed by atoms with van der Waals surface area (Å²) in [5.41, 5.74) is 0. The second kappa shape index (κ2) is 6.33. The largest absolute Gasteiger partial charge is 0.410 e. The molecule has 0 fully saturated rings. The molecule has 1 unspecified atom stereocenters. The molecule has 0 aliphatic rings. The Labute approximate surface area is 112 Å². The Hall–Kier alpha value is 0.357. The molecule has 4 heteroatoms. The van der Waals surface area contributed by atoms with E-state index in [9.17, 15) is 0 Å². The van der Waals surface area contributed by atoms with Gasteiger partial charge in [-0.05, 0) is 48.1 Å². The average molecular weight is 321 g/mol. The van der Waals surface area contributed by atoms with Crippen LogP contribution >= 0.6 is 27.3 Å². The first-order valence-corrected chi connectivity index (χ1v) is 10.9. The Morgan fingerprint density at radius 2 is 2.12 bits per heavy atom. The summed E-state index contributed by atoms with van der Waals surface area (Å²) in [6.07, 6.45) is 3.93. The normalized spacial score (nSPS) is 14.1. The third kappa shape index (κ3) is 5.12. The summed E-state index contributed by atoms with van der Waals surface area (Å²) >= 11 is 5.31. The molecule has 0 spiro atoms. The maximum atomic E-state index is 6.27. The third-order valence-corrected chi connectivity index (χ3v) is 5.00. The molecule has 0 aliphatic carbocycles. The molecule has 0 N–H and O–H groups in total. The van der Waals surface area contributed by atoms with Crippen LogP contribution in [0.25, 0.3) is 0 Å². The fourth-order valence-electron chi connectivity index (χ4n) is 1.57. The van der Waals surface area contributed by atoms with Crippen LogP contribution in [-0.2, 0) is 4.43 Å². The van der Waals surface area contributed by atoms with Crippen LogP contribution in [0.5, 0.6) is 0 Å². The summed E-state index contributed by atoms with van der Waals surface area (Å²) in [6, 6.07) is 2.20. The minimum absolute atomic E-state index is 0.308. The van der Waals surface area contributed by atoms with E-state index >= 15 is 0 Å². The van der Waals surface area contributed by atoms with Crippen LogP contribution in [0.3, 0.4) is 0 Å². The monoisotopic (exact) mass is 320 g/mol. The molecule has 0 bridgehead atoms. The molecule has 0 radical (unpaired) electrons. The van der Waals surface area contributed by atoms with Gasteiger partial charge in [-0.2, -0.15) is 0 Å². The lowest BCUT2D eigenvalue weighted by atomic mass is 10.1. The van der Waals surface area contributed by atoms with Gasteiger partial charge >= 0.3 is 0 Å². The molecule has 1 aromatic heterocycles. The van der Waals surface area contributed by atoms with Gasteiger partial charge < -0.3 is 4.43 Å². The summed E-state index contributed by atoms with van der Waals surface area (Å²) < 4.78 is 7.44. The van der Waals surface area contributed by atoms with Crippen LogP contribution < -0.4 is 0 Å². The van der Waals surface area contributed by atoms with Crippen LogP contribution in [0, 0.1) is 0 Å². The average Bonchev–Trinajstić information content (AvgIpc) is 2.57. The SMILES string of the molecule is CCCCC(O[Si](C)(C)C)c1cc(Br)cs1. The number of unbranched alkanes of at least 4 members (excludes halogenated alkanes) is 1. The molecule has 0 saturated heterocycles. The number of hydrogen-bond acceptors (Lipinski definition) is 2. The lowest BCUT2D eigenvalue weighted by Gasteiger charge is -2.25. The zero-order valence-corrected chi connectivity index (χ0v) is 14.0. The number of thiophene rings is 1. The molecular weight excluding hydrogens is 300 g/mol. The van der Waals surface area contributed by atoms with Crippen molar-refractivity contribution >= 4 is 35.6 Å². The van der Waals surface area contributed by atoms with E-state index in [0.29, 0.717) is 6.10 Å². The molecule has 1 rings (SSSR count). The maximum Gasteiger partial charge on any atom is 0.184 e. The van der Waals surface area contributed by atoms with Gasteiger partial charge in [0, 0.05) is 14.7 Å². The predicted molar refractivity (Wildman–Crippen MR) is 78.7 cm³/mol. The maximum absolute atomic E-state index is 6.27. The van der Waals surface area contributed by atoms with E-state index in [2.05, 4.69) is 53.9 Å². The Balaban J connectivity index is 2.71. The van der Waals surface area contributed by atoms with Gasteiger partial charge in [-0.15, -0.1) is 11.3 Å². The quantitative estimate of drug-likeness (QED) is 0.620. The second-order valence-corrected chi connectivity index (χ2v) is 11.3. The van der Waals surface area contributed by atoms with Gasteiger partial charge in [-0.1, -0.05) is 19.8 Å². The zero-order valence-electron chi connectivity index (χ0n) is 10.5. The molecule has 1 nitrogen and oxygen atoms in total. The number of hydrogen-bond donors (Lipinski definition) is 0. The lowest BCUT2D eigenvalue weighted by Crippen LogP contribution is -2.27. The highest BCUT2D eigenvalue weighted by Crippen LogP contribution is 2.33. The van der Waals surface area contributed by atoms with E-state index in [1.165, 1.54) is 22.2 Å². The van der Waals surface area contributed by atoms with Crippen molar-refractivity contribution in [2.24, 2.45) is 0 Å². The van der Waals surface area contributed by atoms with Crippen molar-refractivity contribution in [3.05, 3.63) is 20.8 Å². The van der Waals surface area contributed by atoms with Gasteiger partial charge in [-0.3, -0.25) is 0 Å². The third-order valence-electron chi connectivity index (χ3n) is 2.22. The Bertz CT molecular complexity index is 319. The number of rotatable bonds is 6. The summed E-state index contributed by atoms with van der Waals surface area (Å²) in [7, 11) is -1.45. The van der Waals surface area contributed by atoms with Gasteiger partial charge in [0.15, 0.2) is 8.32 Å². The van der Waals surface area contributed by atoms with Gasteiger partial charge in [0.25, 0.3) is 0 Å². The highest BCUT2D eigenvalue weighted by atomic mass is 79.9. The molecule has 0 amide bonds. The molecule has 1 heterocycles. The summed E-state index contributed by atoms with van der Waals surface area (Å²) in [6.45, 7) is 9.01. The standard InChI is InChI=1S/C12H21BrOSSi/c1-5-6-7-11(14-16(2,3)4)12-8-10(13)9-15-12/h8-9,11H,5-7H2,1-4H3. The molecule has 0 saturated carbocycles. The summed E-state index contributed by atoms with van der Waals surface area (Å²) in [4.78, 5) is 1.36. The topological polar surface area (TPSA) is 9.23 Å². The van der Waals surface area contributed by atoms with Gasteiger partial charge in [-0.25, -0.2) is 0 Å². The van der Waals surface area contributed by atoms with E-state index in [-0.39, 0.29) is 0 Å². The van der Waals surface area contributed by atoms with Crippen LogP contribution in [0.1, 0.15) is 37.2 Å². The fourth-order valence-corrected chi connectivity index (χ4v) is 4.26. The van der Waals surface area contributed by atoms with E-state index in [4.69, 9.17) is 4.43 Å². The van der Waals surface area contributed by atoms with Crippen molar-refractivity contribution in [2.75, 3.05) is 0 Å². The van der Waals surface area contributed by atoms with Crippen molar-refractivity contribution < 1.29 is 4.43 Å². The molecule has 1 atom stereocenters. The van der Waals surface area contributed by atoms with Gasteiger partial charge in [0.05, 0.1) is 6.10 Å². The van der Waals surface area contributed by atoms with Crippen molar-refractivity contribution in [1.29, 1.82) is 0 Å². The molecule has 16 heavy (non-hydrogen) atoms. The van der Waals surface area contributed by atoms with Gasteiger partial charge in [0.1, 0.15) is 0 Å². The first-order chi connectivity index (χ1) is 7.42. The molecule has 92 valence electrons. The van der Waals surface area contributed by atoms with E-state index in [1.807, 2.05) is 0 Å². The highest BCUT2D eigenvalue weighted by Gasteiger charge is 2.23.